The van der Waals surface area contributed by atoms with Crippen LogP contribution in [0.25, 0.3) is 0 Å². The van der Waals surface area contributed by atoms with Crippen LogP contribution in [0.1, 0.15) is 26.7 Å². The highest BCUT2D eigenvalue weighted by Crippen LogP contribution is 2.16. The highest BCUT2D eigenvalue weighted by atomic mass is 16.5. The number of hydrogen-bond donors (Lipinski definition) is 0. The molecule has 0 spiro atoms. The van der Waals surface area contributed by atoms with Crippen LogP contribution in [0.2, 0.25) is 0 Å². The lowest BCUT2D eigenvalue weighted by atomic mass is 10.1. The maximum Gasteiger partial charge on any atom is 0.0605 e. The molecule has 2 heteroatoms. The molecule has 2 nitrogen and oxygen atoms in total. The van der Waals surface area contributed by atoms with Crippen LogP contribution in [0, 0.1) is 0 Å². The average molecular weight is 169 g/mol. The van der Waals surface area contributed by atoms with Gasteiger partial charge in [0.25, 0.3) is 0 Å². The van der Waals surface area contributed by atoms with Gasteiger partial charge in [-0.05, 0) is 26.7 Å². The fourth-order valence-corrected chi connectivity index (χ4v) is 1.63. The van der Waals surface area contributed by atoms with Crippen LogP contribution in [0.15, 0.2) is 11.8 Å². The van der Waals surface area contributed by atoms with Crippen LogP contribution >= 0.6 is 0 Å². The van der Waals surface area contributed by atoms with Gasteiger partial charge in [-0.3, -0.25) is 0 Å². The van der Waals surface area contributed by atoms with E-state index < -0.39 is 0 Å². The van der Waals surface area contributed by atoms with Crippen LogP contribution < -0.4 is 0 Å². The fourth-order valence-electron chi connectivity index (χ4n) is 1.63. The van der Waals surface area contributed by atoms with Gasteiger partial charge in [0, 0.05) is 25.9 Å². The zero-order valence-corrected chi connectivity index (χ0v) is 8.34. The lowest BCUT2D eigenvalue weighted by molar-refractivity contribution is 0.0503. The van der Waals surface area contributed by atoms with Crippen molar-refractivity contribution in [3.05, 3.63) is 11.8 Å². The number of methoxy groups -OCH3 is 1. The lowest BCUT2D eigenvalue weighted by Crippen LogP contribution is -2.35. The number of ether oxygens (including phenoxy) is 1. The molecule has 0 N–H and O–H groups in total. The molecule has 1 aliphatic heterocycles. The summed E-state index contributed by atoms with van der Waals surface area (Å²) in [5.74, 6) is 0. The van der Waals surface area contributed by atoms with Crippen molar-refractivity contribution in [1.82, 2.24) is 4.90 Å². The van der Waals surface area contributed by atoms with Gasteiger partial charge in [-0.25, -0.2) is 0 Å². The number of likely N-dealkylation sites (tertiary alicyclic amines) is 1. The monoisotopic (exact) mass is 169 g/mol. The van der Waals surface area contributed by atoms with Gasteiger partial charge >= 0.3 is 0 Å². The quantitative estimate of drug-likeness (QED) is 0.627. The number of piperidine rings is 1. The molecule has 12 heavy (non-hydrogen) atoms. The zero-order chi connectivity index (χ0) is 8.97. The molecular weight excluding hydrogens is 150 g/mol. The lowest BCUT2D eigenvalue weighted by Gasteiger charge is -2.33. The fraction of sp³-hybridized carbons (Fsp3) is 0.800. The van der Waals surface area contributed by atoms with E-state index in [4.69, 9.17) is 4.74 Å². The Hall–Kier alpha value is -0.500. The normalized spacial score (nSPS) is 21.6. The molecule has 0 bridgehead atoms. The minimum Gasteiger partial charge on any atom is -0.381 e. The maximum atomic E-state index is 5.31. The molecule has 0 radical (unpaired) electrons. The number of hydrogen-bond acceptors (Lipinski definition) is 2. The molecule has 0 aromatic heterocycles. The molecule has 1 aliphatic rings. The van der Waals surface area contributed by atoms with Crippen LogP contribution in [0.4, 0.5) is 0 Å². The predicted molar refractivity (Wildman–Crippen MR) is 51.0 cm³/mol. The van der Waals surface area contributed by atoms with Crippen molar-refractivity contribution in [1.29, 1.82) is 0 Å². The molecule has 1 saturated heterocycles. The van der Waals surface area contributed by atoms with Crippen LogP contribution in [0.3, 0.4) is 0 Å². The molecule has 1 fully saturated rings. The van der Waals surface area contributed by atoms with Crippen molar-refractivity contribution in [3.8, 4) is 0 Å². The third-order valence-electron chi connectivity index (χ3n) is 2.69. The number of nitrogens with zero attached hydrogens (tertiary/aromatic N) is 1. The molecule has 1 rings (SSSR count). The summed E-state index contributed by atoms with van der Waals surface area (Å²) in [7, 11) is 1.81. The Bertz CT molecular complexity index is 157. The molecule has 0 saturated carbocycles. The molecule has 0 aliphatic carbocycles. The van der Waals surface area contributed by atoms with Gasteiger partial charge in [0.2, 0.25) is 0 Å². The summed E-state index contributed by atoms with van der Waals surface area (Å²) >= 11 is 0. The Morgan fingerprint density at radius 1 is 1.42 bits per heavy atom. The minimum atomic E-state index is 0.492. The second-order valence-electron chi connectivity index (χ2n) is 3.35. The minimum absolute atomic E-state index is 0.492. The topological polar surface area (TPSA) is 12.5 Å². The van der Waals surface area contributed by atoms with Gasteiger partial charge in [0.1, 0.15) is 0 Å². The molecule has 0 unspecified atom stereocenters. The standard InChI is InChI=1S/C10H19NO/c1-4-9(2)11-7-5-10(12-3)6-8-11/h4,10H,5-8H2,1-3H3/b9-4+. The molecule has 1 heterocycles. The van der Waals surface area contributed by atoms with Gasteiger partial charge < -0.3 is 9.64 Å². The first-order valence-electron chi connectivity index (χ1n) is 4.68. The highest BCUT2D eigenvalue weighted by Gasteiger charge is 2.17. The third-order valence-corrected chi connectivity index (χ3v) is 2.69. The van der Waals surface area contributed by atoms with Gasteiger partial charge in [0.15, 0.2) is 0 Å². The van der Waals surface area contributed by atoms with Gasteiger partial charge in [0.05, 0.1) is 6.10 Å². The van der Waals surface area contributed by atoms with E-state index in [1.165, 1.54) is 18.5 Å². The van der Waals surface area contributed by atoms with Crippen molar-refractivity contribution in [2.45, 2.75) is 32.8 Å². The van der Waals surface area contributed by atoms with Gasteiger partial charge in [-0.15, -0.1) is 0 Å². The molecule has 0 aromatic carbocycles. The van der Waals surface area contributed by atoms with E-state index in [9.17, 15) is 0 Å². The molecule has 70 valence electrons. The zero-order valence-electron chi connectivity index (χ0n) is 8.34. The third kappa shape index (κ3) is 2.24. The largest absolute Gasteiger partial charge is 0.381 e. The highest BCUT2D eigenvalue weighted by molar-refractivity contribution is 4.96. The number of allylic oxidation sites excluding steroid dienone is 2. The van der Waals surface area contributed by atoms with E-state index >= 15 is 0 Å². The smallest absolute Gasteiger partial charge is 0.0605 e. The van der Waals surface area contributed by atoms with Crippen molar-refractivity contribution < 1.29 is 4.74 Å². The summed E-state index contributed by atoms with van der Waals surface area (Å²) in [5.41, 5.74) is 1.39. The summed E-state index contributed by atoms with van der Waals surface area (Å²) < 4.78 is 5.31. The van der Waals surface area contributed by atoms with E-state index in [0.717, 1.165) is 13.1 Å². The van der Waals surface area contributed by atoms with Gasteiger partial charge in [-0.2, -0.15) is 0 Å². The van der Waals surface area contributed by atoms with E-state index in [2.05, 4.69) is 24.8 Å². The van der Waals surface area contributed by atoms with Crippen molar-refractivity contribution in [3.63, 3.8) is 0 Å². The van der Waals surface area contributed by atoms with Crippen LogP contribution in [-0.2, 0) is 4.74 Å². The Labute approximate surface area is 75.2 Å². The average Bonchev–Trinajstić information content (AvgIpc) is 2.17. The maximum absolute atomic E-state index is 5.31. The van der Waals surface area contributed by atoms with E-state index in [0.29, 0.717) is 6.10 Å². The second-order valence-corrected chi connectivity index (χ2v) is 3.35. The number of rotatable bonds is 2. The molecule has 0 atom stereocenters. The summed E-state index contributed by atoms with van der Waals surface area (Å²) in [5, 5.41) is 0. The molecular formula is C10H19NO. The summed E-state index contributed by atoms with van der Waals surface area (Å²) in [4.78, 5) is 2.43. The molecule has 0 aromatic rings. The van der Waals surface area contributed by atoms with Gasteiger partial charge in [-0.1, -0.05) is 6.08 Å². The van der Waals surface area contributed by atoms with Crippen molar-refractivity contribution in [2.24, 2.45) is 0 Å². The summed E-state index contributed by atoms with van der Waals surface area (Å²) in [6.07, 6.45) is 5.00. The first-order valence-corrected chi connectivity index (χ1v) is 4.68. The van der Waals surface area contributed by atoms with Crippen LogP contribution in [0.5, 0.6) is 0 Å². The first kappa shape index (κ1) is 9.59. The summed E-state index contributed by atoms with van der Waals surface area (Å²) in [6.45, 7) is 6.56. The predicted octanol–water partition coefficient (Wildman–Crippen LogP) is 2.02. The van der Waals surface area contributed by atoms with Crippen LogP contribution in [-0.4, -0.2) is 31.2 Å². The Morgan fingerprint density at radius 3 is 2.42 bits per heavy atom. The molecule has 0 amide bonds. The van der Waals surface area contributed by atoms with E-state index in [-0.39, 0.29) is 0 Å². The van der Waals surface area contributed by atoms with E-state index in [1.807, 2.05) is 7.11 Å². The Morgan fingerprint density at radius 2 is 2.00 bits per heavy atom. The second kappa shape index (κ2) is 4.51. The SMILES string of the molecule is C/C=C(\C)N1CCC(OC)CC1. The van der Waals surface area contributed by atoms with Crippen molar-refractivity contribution in [2.75, 3.05) is 20.2 Å². The Balaban J connectivity index is 2.36. The Kier molecular flexibility index (Phi) is 3.60. The van der Waals surface area contributed by atoms with Crippen molar-refractivity contribution >= 4 is 0 Å². The first-order chi connectivity index (χ1) is 5.77. The summed E-state index contributed by atoms with van der Waals surface area (Å²) in [6, 6.07) is 0. The van der Waals surface area contributed by atoms with E-state index in [1.54, 1.807) is 0 Å².